The van der Waals surface area contributed by atoms with E-state index in [2.05, 4.69) is 6.58 Å². The van der Waals surface area contributed by atoms with Crippen LogP contribution in [0.4, 0.5) is 0 Å². The van der Waals surface area contributed by atoms with Gasteiger partial charge in [0.2, 0.25) is 0 Å². The van der Waals surface area contributed by atoms with Crippen LogP contribution in [0.2, 0.25) is 0 Å². The largest absolute Gasteiger partial charge is 0.268 e. The van der Waals surface area contributed by atoms with Crippen molar-refractivity contribution >= 4 is 26.5 Å². The minimum absolute atomic E-state index is 0.277. The zero-order valence-corrected chi connectivity index (χ0v) is 16.7. The Morgan fingerprint density at radius 1 is 0.821 bits per heavy atom. The van der Waals surface area contributed by atoms with Gasteiger partial charge in [-0.05, 0) is 43.2 Å². The van der Waals surface area contributed by atoms with E-state index in [1.54, 1.807) is 12.1 Å². The van der Waals surface area contributed by atoms with Gasteiger partial charge in [0.15, 0.2) is 0 Å². The Labute approximate surface area is 165 Å². The number of benzene rings is 3. The summed E-state index contributed by atoms with van der Waals surface area (Å²) in [6, 6.07) is 24.4. The van der Waals surface area contributed by atoms with Gasteiger partial charge in [-0.3, -0.25) is 0 Å². The summed E-state index contributed by atoms with van der Waals surface area (Å²) in [6.45, 7) is 8.06. The molecule has 0 aliphatic carbocycles. The van der Waals surface area contributed by atoms with Gasteiger partial charge < -0.3 is 0 Å². The van der Waals surface area contributed by atoms with E-state index in [9.17, 15) is 8.42 Å². The highest BCUT2D eigenvalue weighted by molar-refractivity contribution is 7.90. The minimum Gasteiger partial charge on any atom is -0.238 e. The smallest absolute Gasteiger partial charge is 0.238 e. The van der Waals surface area contributed by atoms with Crippen molar-refractivity contribution in [1.29, 1.82) is 0 Å². The van der Waals surface area contributed by atoms with Crippen molar-refractivity contribution in [2.75, 3.05) is 0 Å². The van der Waals surface area contributed by atoms with Gasteiger partial charge in [-0.25, -0.2) is 12.4 Å². The van der Waals surface area contributed by atoms with Gasteiger partial charge in [-0.15, -0.1) is 0 Å². The Balaban J connectivity index is 2.00. The van der Waals surface area contributed by atoms with Gasteiger partial charge in [0, 0.05) is 16.6 Å². The number of nitrogens with zero attached hydrogens (tertiary/aromatic N) is 1. The Kier molecular flexibility index (Phi) is 4.44. The van der Waals surface area contributed by atoms with Crippen LogP contribution in [-0.4, -0.2) is 12.4 Å². The molecular formula is C24H21NO2S. The van der Waals surface area contributed by atoms with Crippen LogP contribution in [0.25, 0.3) is 16.5 Å². The lowest BCUT2D eigenvalue weighted by molar-refractivity contribution is 0.588. The first-order valence-electron chi connectivity index (χ1n) is 9.08. The molecule has 140 valence electrons. The van der Waals surface area contributed by atoms with E-state index in [1.165, 1.54) is 3.97 Å². The second-order valence-electron chi connectivity index (χ2n) is 6.90. The van der Waals surface area contributed by atoms with Crippen molar-refractivity contribution in [3.05, 3.63) is 108 Å². The zero-order chi connectivity index (χ0) is 19.9. The third-order valence-corrected chi connectivity index (χ3v) is 6.86. The summed E-state index contributed by atoms with van der Waals surface area (Å²) in [5.41, 5.74) is 4.99. The van der Waals surface area contributed by atoms with E-state index in [1.807, 2.05) is 80.6 Å². The van der Waals surface area contributed by atoms with Crippen LogP contribution in [0.5, 0.6) is 0 Å². The molecule has 1 heterocycles. The lowest BCUT2D eigenvalue weighted by Crippen LogP contribution is -2.14. The van der Waals surface area contributed by atoms with Crippen LogP contribution in [0.1, 0.15) is 22.4 Å². The molecular weight excluding hydrogens is 366 g/mol. The molecule has 0 unspecified atom stereocenters. The molecule has 0 fully saturated rings. The number of aryl methyl sites for hydroxylation is 1. The third kappa shape index (κ3) is 2.86. The van der Waals surface area contributed by atoms with E-state index in [4.69, 9.17) is 0 Å². The fourth-order valence-electron chi connectivity index (χ4n) is 3.63. The SMILES string of the molecule is C=C(c1ccccc1)c1c(C)n(S(=O)(=O)c2ccc(C)cc2)c2ccccc12. The molecule has 0 saturated carbocycles. The molecule has 0 saturated heterocycles. The number of hydrogen-bond donors (Lipinski definition) is 0. The van der Waals surface area contributed by atoms with Gasteiger partial charge >= 0.3 is 0 Å². The highest BCUT2D eigenvalue weighted by Crippen LogP contribution is 2.36. The standard InChI is InChI=1S/C24H21NO2S/c1-17-13-15-21(16-14-17)28(26,27)25-19(3)24(22-11-7-8-12-23(22)25)18(2)20-9-5-4-6-10-20/h4-16H,2H2,1,3H3. The topological polar surface area (TPSA) is 39.1 Å². The fraction of sp³-hybridized carbons (Fsp3) is 0.0833. The Bertz CT molecular complexity index is 1280. The number of para-hydroxylation sites is 1. The van der Waals surface area contributed by atoms with E-state index in [-0.39, 0.29) is 4.90 Å². The molecule has 0 aliphatic heterocycles. The molecule has 0 aliphatic rings. The fourth-order valence-corrected chi connectivity index (χ4v) is 5.19. The predicted molar refractivity (Wildman–Crippen MR) is 115 cm³/mol. The van der Waals surface area contributed by atoms with Crippen LogP contribution < -0.4 is 0 Å². The average molecular weight is 388 g/mol. The van der Waals surface area contributed by atoms with Crippen molar-refractivity contribution in [3.8, 4) is 0 Å². The summed E-state index contributed by atoms with van der Waals surface area (Å²) < 4.78 is 28.4. The molecule has 3 aromatic carbocycles. The van der Waals surface area contributed by atoms with E-state index >= 15 is 0 Å². The molecule has 28 heavy (non-hydrogen) atoms. The number of fused-ring (bicyclic) bond motifs is 1. The van der Waals surface area contributed by atoms with Crippen molar-refractivity contribution < 1.29 is 8.42 Å². The third-order valence-electron chi connectivity index (χ3n) is 5.04. The van der Waals surface area contributed by atoms with Crippen molar-refractivity contribution in [2.45, 2.75) is 18.7 Å². The Morgan fingerprint density at radius 3 is 2.11 bits per heavy atom. The van der Waals surface area contributed by atoms with Crippen molar-refractivity contribution in [1.82, 2.24) is 3.97 Å². The molecule has 0 N–H and O–H groups in total. The van der Waals surface area contributed by atoms with E-state index < -0.39 is 10.0 Å². The predicted octanol–water partition coefficient (Wildman–Crippen LogP) is 5.56. The van der Waals surface area contributed by atoms with E-state index in [0.717, 1.165) is 27.6 Å². The first-order chi connectivity index (χ1) is 13.4. The maximum atomic E-state index is 13.5. The molecule has 0 spiro atoms. The highest BCUT2D eigenvalue weighted by atomic mass is 32.2. The number of rotatable bonds is 4. The summed E-state index contributed by atoms with van der Waals surface area (Å²) >= 11 is 0. The van der Waals surface area contributed by atoms with Gasteiger partial charge in [0.05, 0.1) is 10.4 Å². The first kappa shape index (κ1) is 18.3. The second kappa shape index (κ2) is 6.80. The molecule has 0 atom stereocenters. The molecule has 1 aromatic heterocycles. The quantitative estimate of drug-likeness (QED) is 0.460. The van der Waals surface area contributed by atoms with Crippen LogP contribution in [0.3, 0.4) is 0 Å². The van der Waals surface area contributed by atoms with Gasteiger partial charge in [0.25, 0.3) is 10.0 Å². The van der Waals surface area contributed by atoms with Gasteiger partial charge in [-0.1, -0.05) is 72.8 Å². The number of hydrogen-bond acceptors (Lipinski definition) is 2. The summed E-state index contributed by atoms with van der Waals surface area (Å²) in [5.74, 6) is 0. The Hall–Kier alpha value is -3.11. The molecule has 3 nitrogen and oxygen atoms in total. The monoisotopic (exact) mass is 387 g/mol. The molecule has 0 bridgehead atoms. The van der Waals surface area contributed by atoms with Crippen molar-refractivity contribution in [3.63, 3.8) is 0 Å². The molecule has 4 rings (SSSR count). The van der Waals surface area contributed by atoms with Gasteiger partial charge in [-0.2, -0.15) is 0 Å². The Morgan fingerprint density at radius 2 is 1.43 bits per heavy atom. The number of aromatic nitrogens is 1. The summed E-state index contributed by atoms with van der Waals surface area (Å²) in [6.07, 6.45) is 0. The van der Waals surface area contributed by atoms with Crippen molar-refractivity contribution in [2.24, 2.45) is 0 Å². The lowest BCUT2D eigenvalue weighted by atomic mass is 9.97. The summed E-state index contributed by atoms with van der Waals surface area (Å²) in [5, 5.41) is 0.879. The van der Waals surface area contributed by atoms with Gasteiger partial charge in [0.1, 0.15) is 0 Å². The molecule has 4 aromatic rings. The second-order valence-corrected chi connectivity index (χ2v) is 8.69. The average Bonchev–Trinajstić information content (AvgIpc) is 3.01. The molecule has 4 heteroatoms. The molecule has 0 amide bonds. The van der Waals surface area contributed by atoms with Crippen LogP contribution in [-0.2, 0) is 10.0 Å². The maximum Gasteiger partial charge on any atom is 0.268 e. The molecule has 0 radical (unpaired) electrons. The normalized spacial score (nSPS) is 11.6. The van der Waals surface area contributed by atoms with E-state index in [0.29, 0.717) is 11.2 Å². The minimum atomic E-state index is -3.73. The van der Waals surface area contributed by atoms with Crippen LogP contribution >= 0.6 is 0 Å². The zero-order valence-electron chi connectivity index (χ0n) is 15.9. The summed E-state index contributed by atoms with van der Waals surface area (Å²) in [4.78, 5) is 0.277. The maximum absolute atomic E-state index is 13.5. The lowest BCUT2D eigenvalue weighted by Gasteiger charge is -2.11. The van der Waals surface area contributed by atoms with Crippen LogP contribution in [0.15, 0.2) is 90.3 Å². The summed E-state index contributed by atoms with van der Waals surface area (Å²) in [7, 11) is -3.73. The highest BCUT2D eigenvalue weighted by Gasteiger charge is 2.25. The first-order valence-corrected chi connectivity index (χ1v) is 10.5. The van der Waals surface area contributed by atoms with Crippen LogP contribution in [0, 0.1) is 13.8 Å².